The summed E-state index contributed by atoms with van der Waals surface area (Å²) in [5.74, 6) is 0.665. The summed E-state index contributed by atoms with van der Waals surface area (Å²) in [4.78, 5) is 24.0. The highest BCUT2D eigenvalue weighted by Gasteiger charge is 2.35. The average molecular weight is 290 g/mol. The van der Waals surface area contributed by atoms with E-state index in [1.165, 1.54) is 0 Å². The predicted molar refractivity (Wildman–Crippen MR) is 81.6 cm³/mol. The van der Waals surface area contributed by atoms with E-state index in [1.54, 1.807) is 32.0 Å². The van der Waals surface area contributed by atoms with Gasteiger partial charge in [0, 0.05) is 12.1 Å². The lowest BCUT2D eigenvalue weighted by Crippen LogP contribution is -2.45. The van der Waals surface area contributed by atoms with Gasteiger partial charge in [0.2, 0.25) is 0 Å². The number of benzene rings is 1. The molecule has 2 rings (SSSR count). The number of rotatable bonds is 4. The minimum absolute atomic E-state index is 0.141. The molecule has 5 nitrogen and oxygen atoms in total. The van der Waals surface area contributed by atoms with Crippen LogP contribution >= 0.6 is 0 Å². The van der Waals surface area contributed by atoms with Gasteiger partial charge in [-0.05, 0) is 38.0 Å². The maximum absolute atomic E-state index is 12.1. The lowest BCUT2D eigenvalue weighted by molar-refractivity contribution is -0.129. The van der Waals surface area contributed by atoms with E-state index < -0.39 is 5.60 Å². The molecule has 1 aromatic carbocycles. The van der Waals surface area contributed by atoms with E-state index in [-0.39, 0.29) is 11.8 Å². The monoisotopic (exact) mass is 290 g/mol. The standard InChI is InChI=1S/C16H22N2O3/c1-5-10(2)9-17-14(19)11-6-7-13-12(8-11)18-15(20)16(3,4)21-13/h6-8,10H,5,9H2,1-4H3,(H,17,19)(H,18,20). The van der Waals surface area contributed by atoms with Crippen LogP contribution in [0.3, 0.4) is 0 Å². The van der Waals surface area contributed by atoms with Crippen molar-refractivity contribution in [3.05, 3.63) is 23.8 Å². The molecule has 0 spiro atoms. The van der Waals surface area contributed by atoms with Crippen LogP contribution in [0, 0.1) is 5.92 Å². The van der Waals surface area contributed by atoms with Gasteiger partial charge in [-0.25, -0.2) is 0 Å². The van der Waals surface area contributed by atoms with Crippen molar-refractivity contribution >= 4 is 17.5 Å². The zero-order chi connectivity index (χ0) is 15.6. The third-order valence-corrected chi connectivity index (χ3v) is 3.71. The summed E-state index contributed by atoms with van der Waals surface area (Å²) >= 11 is 0. The fourth-order valence-corrected chi connectivity index (χ4v) is 1.97. The lowest BCUT2D eigenvalue weighted by atomic mass is 10.0. The van der Waals surface area contributed by atoms with Gasteiger partial charge in [-0.15, -0.1) is 0 Å². The Balaban J connectivity index is 2.13. The van der Waals surface area contributed by atoms with Crippen LogP contribution in [-0.4, -0.2) is 24.0 Å². The van der Waals surface area contributed by atoms with Gasteiger partial charge in [-0.2, -0.15) is 0 Å². The van der Waals surface area contributed by atoms with Crippen molar-refractivity contribution in [1.82, 2.24) is 5.32 Å². The van der Waals surface area contributed by atoms with Crippen LogP contribution in [-0.2, 0) is 4.79 Å². The van der Waals surface area contributed by atoms with Gasteiger partial charge in [0.05, 0.1) is 5.69 Å². The number of hydrogen-bond acceptors (Lipinski definition) is 3. The lowest BCUT2D eigenvalue weighted by Gasteiger charge is -2.31. The highest BCUT2D eigenvalue weighted by atomic mass is 16.5. The minimum atomic E-state index is -0.896. The van der Waals surface area contributed by atoms with Gasteiger partial charge in [0.1, 0.15) is 5.75 Å². The molecule has 21 heavy (non-hydrogen) atoms. The molecular weight excluding hydrogens is 268 g/mol. The first kappa shape index (κ1) is 15.4. The van der Waals surface area contributed by atoms with E-state index in [9.17, 15) is 9.59 Å². The molecule has 1 heterocycles. The van der Waals surface area contributed by atoms with E-state index >= 15 is 0 Å². The number of ether oxygens (including phenoxy) is 1. The predicted octanol–water partition coefficient (Wildman–Crippen LogP) is 2.57. The van der Waals surface area contributed by atoms with E-state index in [0.717, 1.165) is 6.42 Å². The Hall–Kier alpha value is -2.04. The van der Waals surface area contributed by atoms with Gasteiger partial charge < -0.3 is 15.4 Å². The normalized spacial score (nSPS) is 17.2. The molecule has 2 amide bonds. The second kappa shape index (κ2) is 5.76. The Labute approximate surface area is 125 Å². The average Bonchev–Trinajstić information content (AvgIpc) is 2.44. The second-order valence-electron chi connectivity index (χ2n) is 6.00. The van der Waals surface area contributed by atoms with E-state index in [2.05, 4.69) is 24.5 Å². The largest absolute Gasteiger partial charge is 0.476 e. The Morgan fingerprint density at radius 2 is 2.14 bits per heavy atom. The Kier molecular flexibility index (Phi) is 4.21. The zero-order valence-electron chi connectivity index (χ0n) is 12.9. The molecule has 5 heteroatoms. The summed E-state index contributed by atoms with van der Waals surface area (Å²) in [5, 5.41) is 5.67. The van der Waals surface area contributed by atoms with Crippen molar-refractivity contribution in [2.75, 3.05) is 11.9 Å². The molecule has 1 atom stereocenters. The molecule has 0 radical (unpaired) electrons. The molecule has 0 bridgehead atoms. The summed E-state index contributed by atoms with van der Waals surface area (Å²) < 4.78 is 5.64. The third-order valence-electron chi connectivity index (χ3n) is 3.71. The smallest absolute Gasteiger partial charge is 0.268 e. The van der Waals surface area contributed by atoms with E-state index in [0.29, 0.717) is 29.5 Å². The van der Waals surface area contributed by atoms with Crippen LogP contribution in [0.5, 0.6) is 5.75 Å². The molecule has 1 aliphatic heterocycles. The summed E-state index contributed by atoms with van der Waals surface area (Å²) in [6.45, 7) is 8.23. The zero-order valence-corrected chi connectivity index (χ0v) is 12.9. The molecule has 114 valence electrons. The Morgan fingerprint density at radius 1 is 1.43 bits per heavy atom. The maximum atomic E-state index is 12.1. The van der Waals surface area contributed by atoms with E-state index in [4.69, 9.17) is 4.74 Å². The number of carbonyl (C=O) groups excluding carboxylic acids is 2. The van der Waals surface area contributed by atoms with Crippen molar-refractivity contribution < 1.29 is 14.3 Å². The van der Waals surface area contributed by atoms with Crippen LogP contribution in [0.4, 0.5) is 5.69 Å². The van der Waals surface area contributed by atoms with Crippen LogP contribution in [0.25, 0.3) is 0 Å². The van der Waals surface area contributed by atoms with Gasteiger partial charge in [-0.3, -0.25) is 9.59 Å². The highest BCUT2D eigenvalue weighted by molar-refractivity contribution is 6.02. The first-order valence-electron chi connectivity index (χ1n) is 7.26. The van der Waals surface area contributed by atoms with Crippen LogP contribution < -0.4 is 15.4 Å². The van der Waals surface area contributed by atoms with E-state index in [1.807, 2.05) is 0 Å². The maximum Gasteiger partial charge on any atom is 0.268 e. The summed E-state index contributed by atoms with van der Waals surface area (Å²) in [6.07, 6.45) is 1.02. The number of carbonyl (C=O) groups is 2. The second-order valence-corrected chi connectivity index (χ2v) is 6.00. The van der Waals surface area contributed by atoms with Crippen LogP contribution in [0.1, 0.15) is 44.5 Å². The minimum Gasteiger partial charge on any atom is -0.476 e. The first-order valence-corrected chi connectivity index (χ1v) is 7.26. The molecule has 0 saturated heterocycles. The van der Waals surface area contributed by atoms with Crippen molar-refractivity contribution in [2.24, 2.45) is 5.92 Å². The van der Waals surface area contributed by atoms with Gasteiger partial charge in [0.15, 0.2) is 5.60 Å². The summed E-state index contributed by atoms with van der Waals surface area (Å²) in [7, 11) is 0. The molecule has 0 aliphatic carbocycles. The molecule has 2 N–H and O–H groups in total. The number of hydrogen-bond donors (Lipinski definition) is 2. The molecule has 0 saturated carbocycles. The van der Waals surface area contributed by atoms with Crippen LogP contribution in [0.15, 0.2) is 18.2 Å². The molecule has 1 aliphatic rings. The van der Waals surface area contributed by atoms with Crippen molar-refractivity contribution in [3.63, 3.8) is 0 Å². The summed E-state index contributed by atoms with van der Waals surface area (Å²) in [6, 6.07) is 5.07. The number of nitrogens with one attached hydrogen (secondary N) is 2. The molecule has 1 aromatic rings. The molecule has 0 aromatic heterocycles. The summed E-state index contributed by atoms with van der Waals surface area (Å²) in [5.41, 5.74) is 0.157. The highest BCUT2D eigenvalue weighted by Crippen LogP contribution is 2.34. The van der Waals surface area contributed by atoms with Crippen molar-refractivity contribution in [3.8, 4) is 5.75 Å². The molecule has 1 unspecified atom stereocenters. The molecular formula is C16H22N2O3. The number of anilines is 1. The fraction of sp³-hybridized carbons (Fsp3) is 0.500. The van der Waals surface area contributed by atoms with Crippen molar-refractivity contribution in [2.45, 2.75) is 39.7 Å². The van der Waals surface area contributed by atoms with Crippen LogP contribution in [0.2, 0.25) is 0 Å². The first-order chi connectivity index (χ1) is 9.83. The Morgan fingerprint density at radius 3 is 2.81 bits per heavy atom. The number of fused-ring (bicyclic) bond motifs is 1. The number of amides is 2. The van der Waals surface area contributed by atoms with Gasteiger partial charge in [-0.1, -0.05) is 20.3 Å². The fourth-order valence-electron chi connectivity index (χ4n) is 1.97. The van der Waals surface area contributed by atoms with Crippen molar-refractivity contribution in [1.29, 1.82) is 0 Å². The third kappa shape index (κ3) is 3.35. The topological polar surface area (TPSA) is 67.4 Å². The Bertz CT molecular complexity index is 567. The quantitative estimate of drug-likeness (QED) is 0.895. The van der Waals surface area contributed by atoms with Gasteiger partial charge >= 0.3 is 0 Å². The van der Waals surface area contributed by atoms with Gasteiger partial charge in [0.25, 0.3) is 11.8 Å². The molecule has 0 fully saturated rings. The SMILES string of the molecule is CCC(C)CNC(=O)c1ccc2c(c1)NC(=O)C(C)(C)O2.